The first kappa shape index (κ1) is 35.5. The summed E-state index contributed by atoms with van der Waals surface area (Å²) < 4.78 is 2.58. The fourth-order valence-corrected chi connectivity index (χ4v) is 11.2. The van der Waals surface area contributed by atoms with Gasteiger partial charge in [-0.05, 0) is 96.1 Å². The Labute approximate surface area is 329 Å². The quantitative estimate of drug-likeness (QED) is 0.154. The van der Waals surface area contributed by atoms with E-state index in [-0.39, 0.29) is 5.41 Å². The second-order valence-electron chi connectivity index (χ2n) is 18.5. The molecule has 0 bridgehead atoms. The minimum Gasteiger partial charge on any atom is -0.310 e. The standard InChI is InChI=1S/C51H52N2Si2/c1-33-15-19-35(20-16-33)52(36-21-17-34(2)18-22-36)37-23-26-42-45(29-37)51(3,4)46-32-49(40-13-11-12-14-41(40)50(42)46)53-47-27-24-38(54(5,6)7)30-43(47)44-31-39(55(8,9)10)25-28-48(44)53/h11-32H,1-10H3. The smallest absolute Gasteiger partial charge is 0.0776 e. The number of hydrogen-bond donors (Lipinski definition) is 0. The van der Waals surface area contributed by atoms with Crippen molar-refractivity contribution in [3.05, 3.63) is 156 Å². The van der Waals surface area contributed by atoms with E-state index in [4.69, 9.17) is 0 Å². The zero-order valence-electron chi connectivity index (χ0n) is 34.1. The highest BCUT2D eigenvalue weighted by atomic mass is 28.3. The molecular weight excluding hydrogens is 697 g/mol. The van der Waals surface area contributed by atoms with E-state index in [1.165, 1.54) is 87.7 Å². The number of hydrogen-bond acceptors (Lipinski definition) is 1. The van der Waals surface area contributed by atoms with E-state index >= 15 is 0 Å². The van der Waals surface area contributed by atoms with E-state index in [1.54, 1.807) is 0 Å². The third-order valence-electron chi connectivity index (χ3n) is 12.2. The zero-order valence-corrected chi connectivity index (χ0v) is 36.1. The Balaban J connectivity index is 1.28. The first-order valence-corrected chi connectivity index (χ1v) is 26.9. The third kappa shape index (κ3) is 5.72. The zero-order chi connectivity index (χ0) is 38.6. The van der Waals surface area contributed by atoms with Crippen LogP contribution in [-0.2, 0) is 5.41 Å². The third-order valence-corrected chi connectivity index (χ3v) is 16.3. The lowest BCUT2D eigenvalue weighted by molar-refractivity contribution is 0.660. The summed E-state index contributed by atoms with van der Waals surface area (Å²) in [5.74, 6) is 0. The monoisotopic (exact) mass is 748 g/mol. The molecule has 1 aromatic heterocycles. The maximum Gasteiger partial charge on any atom is 0.0776 e. The van der Waals surface area contributed by atoms with Crippen molar-refractivity contribution in [3.8, 4) is 16.8 Å². The van der Waals surface area contributed by atoms with Gasteiger partial charge in [-0.1, -0.05) is 153 Å². The number of fused-ring (bicyclic) bond motifs is 8. The first-order chi connectivity index (χ1) is 26.1. The minimum atomic E-state index is -1.54. The second-order valence-corrected chi connectivity index (χ2v) is 28.7. The molecule has 0 fully saturated rings. The highest BCUT2D eigenvalue weighted by molar-refractivity contribution is 6.89. The van der Waals surface area contributed by atoms with Crippen LogP contribution in [0.4, 0.5) is 17.1 Å². The second kappa shape index (κ2) is 12.4. The number of nitrogens with zero attached hydrogens (tertiary/aromatic N) is 2. The number of aromatic nitrogens is 1. The van der Waals surface area contributed by atoms with Crippen molar-refractivity contribution in [2.24, 2.45) is 0 Å². The normalized spacial score (nSPS) is 13.8. The summed E-state index contributed by atoms with van der Waals surface area (Å²) in [7, 11) is -3.07. The predicted octanol–water partition coefficient (Wildman–Crippen LogP) is 13.4. The molecule has 0 unspecified atom stereocenters. The number of rotatable bonds is 6. The summed E-state index contributed by atoms with van der Waals surface area (Å²) in [4.78, 5) is 2.41. The van der Waals surface area contributed by atoms with Gasteiger partial charge in [-0.25, -0.2) is 0 Å². The van der Waals surface area contributed by atoms with Crippen molar-refractivity contribution in [2.75, 3.05) is 4.90 Å². The lowest BCUT2D eigenvalue weighted by Crippen LogP contribution is -2.37. The highest BCUT2D eigenvalue weighted by Crippen LogP contribution is 2.54. The lowest BCUT2D eigenvalue weighted by Gasteiger charge is -2.28. The summed E-state index contributed by atoms with van der Waals surface area (Å²) >= 11 is 0. The maximum atomic E-state index is 2.58. The number of anilines is 3. The minimum absolute atomic E-state index is 0.222. The Morgan fingerprint density at radius 2 is 0.964 bits per heavy atom. The summed E-state index contributed by atoms with van der Waals surface area (Å²) in [6.07, 6.45) is 0. The Kier molecular flexibility index (Phi) is 8.03. The van der Waals surface area contributed by atoms with Crippen molar-refractivity contribution < 1.29 is 0 Å². The first-order valence-electron chi connectivity index (χ1n) is 19.9. The van der Waals surface area contributed by atoms with Crippen molar-refractivity contribution in [3.63, 3.8) is 0 Å². The van der Waals surface area contributed by atoms with Crippen LogP contribution in [0.1, 0.15) is 36.1 Å². The molecule has 4 heteroatoms. The van der Waals surface area contributed by atoms with Crippen molar-refractivity contribution in [2.45, 2.75) is 72.4 Å². The Morgan fingerprint density at radius 1 is 0.473 bits per heavy atom. The van der Waals surface area contributed by atoms with Crippen molar-refractivity contribution in [1.29, 1.82) is 0 Å². The average molecular weight is 749 g/mol. The molecule has 0 spiro atoms. The van der Waals surface area contributed by atoms with Gasteiger partial charge < -0.3 is 9.47 Å². The molecular formula is C51H52N2Si2. The molecule has 9 rings (SSSR count). The van der Waals surface area contributed by atoms with Crippen molar-refractivity contribution >= 4 is 76.2 Å². The van der Waals surface area contributed by atoms with Gasteiger partial charge in [0.25, 0.3) is 0 Å². The molecule has 0 aliphatic heterocycles. The van der Waals surface area contributed by atoms with Crippen LogP contribution in [0, 0.1) is 13.8 Å². The Hall–Kier alpha value is -5.17. The molecule has 0 N–H and O–H groups in total. The van der Waals surface area contributed by atoms with Gasteiger partial charge in [0.15, 0.2) is 0 Å². The molecule has 2 nitrogen and oxygen atoms in total. The van der Waals surface area contributed by atoms with Gasteiger partial charge in [0.05, 0.1) is 32.9 Å². The number of aryl methyl sites for hydroxylation is 2. The van der Waals surface area contributed by atoms with Gasteiger partial charge in [-0.15, -0.1) is 0 Å². The van der Waals surface area contributed by atoms with Gasteiger partial charge in [-0.2, -0.15) is 0 Å². The summed E-state index contributed by atoms with van der Waals surface area (Å²) in [5.41, 5.74) is 15.1. The molecule has 8 aromatic rings. The summed E-state index contributed by atoms with van der Waals surface area (Å²) in [6, 6.07) is 51.3. The molecule has 0 saturated carbocycles. The van der Waals surface area contributed by atoms with E-state index in [0.717, 1.165) is 11.4 Å². The molecule has 1 heterocycles. The van der Waals surface area contributed by atoms with Crippen LogP contribution < -0.4 is 15.3 Å². The molecule has 1 aliphatic carbocycles. The van der Waals surface area contributed by atoms with Crippen LogP contribution >= 0.6 is 0 Å². The molecule has 0 amide bonds. The van der Waals surface area contributed by atoms with Crippen LogP contribution in [0.5, 0.6) is 0 Å². The van der Waals surface area contributed by atoms with Crippen LogP contribution in [0.25, 0.3) is 49.4 Å². The summed E-state index contributed by atoms with van der Waals surface area (Å²) in [5, 5.41) is 8.37. The van der Waals surface area contributed by atoms with E-state index in [2.05, 4.69) is 210 Å². The molecule has 0 saturated heterocycles. The summed E-state index contributed by atoms with van der Waals surface area (Å²) in [6.45, 7) is 23.9. The van der Waals surface area contributed by atoms with Gasteiger partial charge in [0, 0.05) is 38.6 Å². The lowest BCUT2D eigenvalue weighted by atomic mass is 9.81. The maximum absolute atomic E-state index is 2.58. The van der Waals surface area contributed by atoms with Crippen molar-refractivity contribution in [1.82, 2.24) is 4.57 Å². The van der Waals surface area contributed by atoms with Gasteiger partial charge in [-0.3, -0.25) is 0 Å². The molecule has 0 radical (unpaired) electrons. The fraction of sp³-hybridized carbons (Fsp3) is 0.216. The highest BCUT2D eigenvalue weighted by Gasteiger charge is 2.38. The molecule has 1 aliphatic rings. The van der Waals surface area contributed by atoms with E-state index < -0.39 is 16.1 Å². The van der Waals surface area contributed by atoms with E-state index in [1.807, 2.05) is 0 Å². The molecule has 55 heavy (non-hydrogen) atoms. The van der Waals surface area contributed by atoms with E-state index in [9.17, 15) is 0 Å². The topological polar surface area (TPSA) is 8.17 Å². The molecule has 274 valence electrons. The SMILES string of the molecule is Cc1ccc(N(c2ccc(C)cc2)c2ccc3c(c2)C(C)(C)c2cc(-n4c5ccc([Si](C)(C)C)cc5c5cc([Si](C)(C)C)ccc54)c4ccccc4c2-3)cc1. The number of benzene rings is 7. The predicted molar refractivity (Wildman–Crippen MR) is 246 cm³/mol. The van der Waals surface area contributed by atoms with Crippen LogP contribution in [0.15, 0.2) is 133 Å². The Morgan fingerprint density at radius 3 is 1.47 bits per heavy atom. The molecule has 7 aromatic carbocycles. The van der Waals surface area contributed by atoms with Crippen LogP contribution in [-0.4, -0.2) is 20.7 Å². The fourth-order valence-electron chi connectivity index (χ4n) is 8.93. The van der Waals surface area contributed by atoms with E-state index in [0.29, 0.717) is 0 Å². The van der Waals surface area contributed by atoms with Gasteiger partial charge >= 0.3 is 0 Å². The van der Waals surface area contributed by atoms with Crippen LogP contribution in [0.2, 0.25) is 39.3 Å². The average Bonchev–Trinajstić information content (AvgIpc) is 3.59. The largest absolute Gasteiger partial charge is 0.310 e. The van der Waals surface area contributed by atoms with Crippen LogP contribution in [0.3, 0.4) is 0 Å². The Bertz CT molecular complexity index is 2690. The van der Waals surface area contributed by atoms with Gasteiger partial charge in [0.1, 0.15) is 0 Å². The van der Waals surface area contributed by atoms with Gasteiger partial charge in [0.2, 0.25) is 0 Å². The molecule has 0 atom stereocenters.